The van der Waals surface area contributed by atoms with Gasteiger partial charge in [0.2, 0.25) is 5.91 Å². The van der Waals surface area contributed by atoms with E-state index in [0.29, 0.717) is 24.5 Å². The molecule has 0 bridgehead atoms. The van der Waals surface area contributed by atoms with E-state index in [2.05, 4.69) is 56.6 Å². The zero-order valence-electron chi connectivity index (χ0n) is 16.4. The van der Waals surface area contributed by atoms with E-state index in [1.165, 1.54) is 17.5 Å². The number of carbonyl (C=O) groups is 1. The number of piperazine rings is 1. The van der Waals surface area contributed by atoms with Crippen molar-refractivity contribution in [2.75, 3.05) is 39.8 Å². The maximum Gasteiger partial charge on any atom is 0.234 e. The van der Waals surface area contributed by atoms with Crippen molar-refractivity contribution in [3.05, 3.63) is 35.4 Å². The number of nitrogens with one attached hydrogen (secondary N) is 2. The zero-order valence-corrected chi connectivity index (χ0v) is 16.4. The standard InChI is InChI=1S/C21H31N5O/c1-15-5-3-4-6-17(15)18-13-19(18)24-21(22-2)26-11-9-25(10-12-26)14-20(27)23-16-7-8-16/h3-6,16,18-19H,7-14H2,1-2H3,(H,22,24)(H,23,27). The molecule has 6 heteroatoms. The number of guanidine groups is 1. The van der Waals surface area contributed by atoms with Gasteiger partial charge in [0.1, 0.15) is 0 Å². The van der Waals surface area contributed by atoms with Crippen LogP contribution >= 0.6 is 0 Å². The lowest BCUT2D eigenvalue weighted by atomic mass is 10.0. The fourth-order valence-corrected chi connectivity index (χ4v) is 3.99. The van der Waals surface area contributed by atoms with E-state index in [1.54, 1.807) is 0 Å². The molecular formula is C21H31N5O. The van der Waals surface area contributed by atoms with E-state index < -0.39 is 0 Å². The van der Waals surface area contributed by atoms with Crippen LogP contribution in [0.5, 0.6) is 0 Å². The Hall–Kier alpha value is -2.08. The Balaban J connectivity index is 1.24. The second kappa shape index (κ2) is 7.89. The number of amides is 1. The molecule has 3 fully saturated rings. The predicted octanol–water partition coefficient (Wildman–Crippen LogP) is 1.32. The van der Waals surface area contributed by atoms with Crippen molar-refractivity contribution in [3.63, 3.8) is 0 Å². The van der Waals surface area contributed by atoms with E-state index in [1.807, 2.05) is 7.05 Å². The minimum atomic E-state index is 0.174. The Morgan fingerprint density at radius 1 is 1.15 bits per heavy atom. The summed E-state index contributed by atoms with van der Waals surface area (Å²) >= 11 is 0. The Morgan fingerprint density at radius 3 is 2.56 bits per heavy atom. The van der Waals surface area contributed by atoms with Gasteiger partial charge in [-0.15, -0.1) is 0 Å². The third kappa shape index (κ3) is 4.61. The Bertz CT molecular complexity index is 706. The molecule has 2 saturated carbocycles. The van der Waals surface area contributed by atoms with Gasteiger partial charge in [-0.3, -0.25) is 14.7 Å². The highest BCUT2D eigenvalue weighted by atomic mass is 16.2. The molecule has 1 aromatic carbocycles. The molecule has 3 aliphatic rings. The molecule has 1 aliphatic heterocycles. The quantitative estimate of drug-likeness (QED) is 0.607. The van der Waals surface area contributed by atoms with Crippen molar-refractivity contribution in [1.29, 1.82) is 0 Å². The molecule has 1 amide bonds. The summed E-state index contributed by atoms with van der Waals surface area (Å²) in [6.07, 6.45) is 3.46. The van der Waals surface area contributed by atoms with Gasteiger partial charge in [-0.25, -0.2) is 0 Å². The molecule has 2 N–H and O–H groups in total. The molecule has 2 aliphatic carbocycles. The minimum Gasteiger partial charge on any atom is -0.353 e. The normalized spacial score (nSPS) is 26.0. The molecule has 1 heterocycles. The summed E-state index contributed by atoms with van der Waals surface area (Å²) < 4.78 is 0. The monoisotopic (exact) mass is 369 g/mol. The average molecular weight is 370 g/mol. The summed E-state index contributed by atoms with van der Waals surface area (Å²) in [6, 6.07) is 9.60. The Labute approximate surface area is 162 Å². The number of hydrogen-bond acceptors (Lipinski definition) is 3. The molecule has 146 valence electrons. The summed E-state index contributed by atoms with van der Waals surface area (Å²) in [6.45, 7) is 6.36. The number of hydrogen-bond donors (Lipinski definition) is 2. The Morgan fingerprint density at radius 2 is 1.89 bits per heavy atom. The summed E-state index contributed by atoms with van der Waals surface area (Å²) in [7, 11) is 1.86. The van der Waals surface area contributed by atoms with E-state index in [9.17, 15) is 4.79 Å². The number of benzene rings is 1. The van der Waals surface area contributed by atoms with Gasteiger partial charge in [-0.05, 0) is 37.3 Å². The molecular weight excluding hydrogens is 338 g/mol. The highest BCUT2D eigenvalue weighted by molar-refractivity contribution is 5.81. The fourth-order valence-electron chi connectivity index (χ4n) is 3.99. The molecule has 4 rings (SSSR count). The van der Waals surface area contributed by atoms with Crippen LogP contribution in [0.2, 0.25) is 0 Å². The molecule has 1 aromatic rings. The third-order valence-electron chi connectivity index (χ3n) is 5.89. The second-order valence-corrected chi connectivity index (χ2v) is 8.10. The van der Waals surface area contributed by atoms with Crippen LogP contribution in [0.1, 0.15) is 36.3 Å². The first-order chi connectivity index (χ1) is 13.1. The first-order valence-electron chi connectivity index (χ1n) is 10.2. The fraction of sp³-hybridized carbons (Fsp3) is 0.619. The second-order valence-electron chi connectivity index (χ2n) is 8.10. The van der Waals surface area contributed by atoms with E-state index in [4.69, 9.17) is 0 Å². The van der Waals surface area contributed by atoms with Crippen molar-refractivity contribution in [1.82, 2.24) is 20.4 Å². The van der Waals surface area contributed by atoms with Crippen LogP contribution in [0.4, 0.5) is 0 Å². The lowest BCUT2D eigenvalue weighted by molar-refractivity contribution is -0.122. The van der Waals surface area contributed by atoms with Crippen LogP contribution in [-0.2, 0) is 4.79 Å². The van der Waals surface area contributed by atoms with Gasteiger partial charge in [0.15, 0.2) is 5.96 Å². The van der Waals surface area contributed by atoms with Gasteiger partial charge in [-0.1, -0.05) is 24.3 Å². The van der Waals surface area contributed by atoms with Crippen LogP contribution < -0.4 is 10.6 Å². The average Bonchev–Trinajstić information content (AvgIpc) is 3.58. The van der Waals surface area contributed by atoms with E-state index in [-0.39, 0.29) is 5.91 Å². The molecule has 6 nitrogen and oxygen atoms in total. The van der Waals surface area contributed by atoms with Crippen LogP contribution in [0.15, 0.2) is 29.3 Å². The van der Waals surface area contributed by atoms with Crippen LogP contribution in [-0.4, -0.2) is 73.5 Å². The van der Waals surface area contributed by atoms with Crippen molar-refractivity contribution < 1.29 is 4.79 Å². The van der Waals surface area contributed by atoms with Crippen LogP contribution in [0.25, 0.3) is 0 Å². The first kappa shape index (κ1) is 18.3. The molecule has 2 atom stereocenters. The third-order valence-corrected chi connectivity index (χ3v) is 5.89. The molecule has 0 radical (unpaired) electrons. The highest BCUT2D eigenvalue weighted by Crippen LogP contribution is 2.42. The first-order valence-corrected chi connectivity index (χ1v) is 10.2. The maximum atomic E-state index is 12.0. The van der Waals surface area contributed by atoms with Crippen molar-refractivity contribution in [2.24, 2.45) is 4.99 Å². The van der Waals surface area contributed by atoms with Crippen molar-refractivity contribution >= 4 is 11.9 Å². The van der Waals surface area contributed by atoms with Crippen molar-refractivity contribution in [3.8, 4) is 0 Å². The smallest absolute Gasteiger partial charge is 0.234 e. The summed E-state index contributed by atoms with van der Waals surface area (Å²) in [5, 5.41) is 6.73. The Kier molecular flexibility index (Phi) is 5.34. The van der Waals surface area contributed by atoms with Crippen molar-refractivity contribution in [2.45, 2.75) is 44.2 Å². The van der Waals surface area contributed by atoms with Gasteiger partial charge in [0.25, 0.3) is 0 Å². The summed E-state index contributed by atoms with van der Waals surface area (Å²) in [5.41, 5.74) is 2.83. The molecule has 2 unspecified atom stereocenters. The molecule has 0 spiro atoms. The lowest BCUT2D eigenvalue weighted by Gasteiger charge is -2.36. The molecule has 27 heavy (non-hydrogen) atoms. The summed E-state index contributed by atoms with van der Waals surface area (Å²) in [5.74, 6) is 1.76. The van der Waals surface area contributed by atoms with Crippen LogP contribution in [0.3, 0.4) is 0 Å². The van der Waals surface area contributed by atoms with Gasteiger partial charge in [0.05, 0.1) is 6.54 Å². The van der Waals surface area contributed by atoms with Gasteiger partial charge in [0, 0.05) is 51.2 Å². The molecule has 1 saturated heterocycles. The van der Waals surface area contributed by atoms with Gasteiger partial charge >= 0.3 is 0 Å². The molecule has 0 aromatic heterocycles. The topological polar surface area (TPSA) is 60.0 Å². The highest BCUT2D eigenvalue weighted by Gasteiger charge is 2.40. The maximum absolute atomic E-state index is 12.0. The van der Waals surface area contributed by atoms with Gasteiger partial charge < -0.3 is 15.5 Å². The van der Waals surface area contributed by atoms with Crippen LogP contribution in [0, 0.1) is 6.92 Å². The number of nitrogens with zero attached hydrogens (tertiary/aromatic N) is 3. The largest absolute Gasteiger partial charge is 0.353 e. The lowest BCUT2D eigenvalue weighted by Crippen LogP contribution is -2.54. The minimum absolute atomic E-state index is 0.174. The number of aryl methyl sites for hydroxylation is 1. The van der Waals surface area contributed by atoms with Gasteiger partial charge in [-0.2, -0.15) is 0 Å². The summed E-state index contributed by atoms with van der Waals surface area (Å²) in [4.78, 5) is 21.1. The van der Waals surface area contributed by atoms with E-state index in [0.717, 1.165) is 45.0 Å². The number of aliphatic imine (C=N–C) groups is 1. The zero-order chi connectivity index (χ0) is 18.8. The predicted molar refractivity (Wildman–Crippen MR) is 108 cm³/mol. The van der Waals surface area contributed by atoms with E-state index >= 15 is 0 Å². The number of rotatable bonds is 5. The SMILES string of the molecule is CN=C(NC1CC1c1ccccc1C)N1CCN(CC(=O)NC2CC2)CC1. The number of carbonyl (C=O) groups excluding carboxylic acids is 1.